The molecule has 1 N–H and O–H groups in total. The Balaban J connectivity index is 1.97. The van der Waals surface area contributed by atoms with Crippen molar-refractivity contribution in [2.24, 2.45) is 7.05 Å². The lowest BCUT2D eigenvalue weighted by atomic mass is 10.0. The van der Waals surface area contributed by atoms with Gasteiger partial charge in [0.1, 0.15) is 5.82 Å². The SMILES string of the molecule is Cc1cc(NC[C@@H](C)c2ccccc2)n(C)n1. The molecule has 2 aromatic rings. The molecule has 0 radical (unpaired) electrons. The molecule has 3 nitrogen and oxygen atoms in total. The highest BCUT2D eigenvalue weighted by Crippen LogP contribution is 2.16. The van der Waals surface area contributed by atoms with Gasteiger partial charge >= 0.3 is 0 Å². The molecule has 0 fully saturated rings. The molecule has 0 saturated carbocycles. The van der Waals surface area contributed by atoms with Crippen molar-refractivity contribution < 1.29 is 0 Å². The van der Waals surface area contributed by atoms with Crippen molar-refractivity contribution in [3.05, 3.63) is 47.7 Å². The largest absolute Gasteiger partial charge is 0.370 e. The van der Waals surface area contributed by atoms with E-state index in [-0.39, 0.29) is 0 Å². The van der Waals surface area contributed by atoms with Crippen LogP contribution >= 0.6 is 0 Å². The molecule has 1 aromatic heterocycles. The van der Waals surface area contributed by atoms with Crippen LogP contribution in [0, 0.1) is 6.92 Å². The summed E-state index contributed by atoms with van der Waals surface area (Å²) in [4.78, 5) is 0. The van der Waals surface area contributed by atoms with Crippen molar-refractivity contribution in [2.45, 2.75) is 19.8 Å². The molecule has 0 saturated heterocycles. The highest BCUT2D eigenvalue weighted by Gasteiger charge is 2.06. The van der Waals surface area contributed by atoms with Gasteiger partial charge in [0.25, 0.3) is 0 Å². The molecule has 0 amide bonds. The van der Waals surface area contributed by atoms with Gasteiger partial charge in [-0.1, -0.05) is 37.3 Å². The van der Waals surface area contributed by atoms with Crippen molar-refractivity contribution in [1.82, 2.24) is 9.78 Å². The summed E-state index contributed by atoms with van der Waals surface area (Å²) in [5.41, 5.74) is 2.40. The number of anilines is 1. The molecule has 0 unspecified atom stereocenters. The molecule has 0 bridgehead atoms. The third-order valence-corrected chi connectivity index (χ3v) is 2.96. The van der Waals surface area contributed by atoms with Crippen LogP contribution in [0.3, 0.4) is 0 Å². The maximum Gasteiger partial charge on any atom is 0.124 e. The first-order chi connectivity index (χ1) is 8.16. The van der Waals surface area contributed by atoms with Gasteiger partial charge in [-0.05, 0) is 18.4 Å². The molecule has 0 aliphatic rings. The average molecular weight is 229 g/mol. The van der Waals surface area contributed by atoms with E-state index >= 15 is 0 Å². The number of hydrogen-bond acceptors (Lipinski definition) is 2. The highest BCUT2D eigenvalue weighted by molar-refractivity contribution is 5.37. The first-order valence-electron chi connectivity index (χ1n) is 5.96. The minimum atomic E-state index is 0.492. The van der Waals surface area contributed by atoms with E-state index in [0.29, 0.717) is 5.92 Å². The summed E-state index contributed by atoms with van der Waals surface area (Å²) < 4.78 is 1.88. The fraction of sp³-hybridized carbons (Fsp3) is 0.357. The number of benzene rings is 1. The molecule has 1 heterocycles. The highest BCUT2D eigenvalue weighted by atomic mass is 15.3. The number of rotatable bonds is 4. The molecule has 3 heteroatoms. The van der Waals surface area contributed by atoms with E-state index in [1.807, 2.05) is 24.7 Å². The lowest BCUT2D eigenvalue weighted by Crippen LogP contribution is -2.12. The van der Waals surface area contributed by atoms with Crippen LogP contribution in [-0.4, -0.2) is 16.3 Å². The van der Waals surface area contributed by atoms with E-state index in [4.69, 9.17) is 0 Å². The van der Waals surface area contributed by atoms with Crippen LogP contribution < -0.4 is 5.32 Å². The molecule has 0 aliphatic carbocycles. The van der Waals surface area contributed by atoms with Crippen LogP contribution in [0.15, 0.2) is 36.4 Å². The molecule has 0 spiro atoms. The van der Waals surface area contributed by atoms with E-state index in [1.165, 1.54) is 5.56 Å². The van der Waals surface area contributed by atoms with E-state index < -0.39 is 0 Å². The third-order valence-electron chi connectivity index (χ3n) is 2.96. The predicted molar refractivity (Wildman–Crippen MR) is 71.3 cm³/mol. The van der Waals surface area contributed by atoms with Gasteiger partial charge in [0, 0.05) is 19.7 Å². The van der Waals surface area contributed by atoms with Crippen LogP contribution in [0.25, 0.3) is 0 Å². The minimum Gasteiger partial charge on any atom is -0.370 e. The van der Waals surface area contributed by atoms with Gasteiger partial charge in [-0.25, -0.2) is 0 Å². The molecule has 90 valence electrons. The summed E-state index contributed by atoms with van der Waals surface area (Å²) in [5.74, 6) is 1.57. The summed E-state index contributed by atoms with van der Waals surface area (Å²) in [6.45, 7) is 5.15. The lowest BCUT2D eigenvalue weighted by molar-refractivity contribution is 0.740. The molecule has 1 atom stereocenters. The van der Waals surface area contributed by atoms with Gasteiger partial charge in [0.2, 0.25) is 0 Å². The maximum atomic E-state index is 4.32. The Morgan fingerprint density at radius 2 is 2.00 bits per heavy atom. The number of nitrogens with zero attached hydrogens (tertiary/aromatic N) is 2. The van der Waals surface area contributed by atoms with Gasteiger partial charge in [-0.3, -0.25) is 4.68 Å². The first-order valence-corrected chi connectivity index (χ1v) is 5.96. The number of nitrogens with one attached hydrogen (secondary N) is 1. The molecule has 2 rings (SSSR count). The zero-order valence-electron chi connectivity index (χ0n) is 10.6. The molecule has 0 aliphatic heterocycles. The number of aromatic nitrogens is 2. The van der Waals surface area contributed by atoms with Crippen molar-refractivity contribution in [1.29, 1.82) is 0 Å². The Kier molecular flexibility index (Phi) is 3.47. The maximum absolute atomic E-state index is 4.32. The standard InChI is InChI=1S/C14H19N3/c1-11(13-7-5-4-6-8-13)10-15-14-9-12(2)16-17(14)3/h4-9,11,15H,10H2,1-3H3/t11-/m1/s1. The Morgan fingerprint density at radius 1 is 1.29 bits per heavy atom. The second-order valence-corrected chi connectivity index (χ2v) is 4.49. The van der Waals surface area contributed by atoms with Crippen molar-refractivity contribution >= 4 is 5.82 Å². The monoisotopic (exact) mass is 229 g/mol. The van der Waals surface area contributed by atoms with Crippen LogP contribution in [-0.2, 0) is 7.05 Å². The average Bonchev–Trinajstić information content (AvgIpc) is 2.66. The summed E-state index contributed by atoms with van der Waals surface area (Å²) in [6.07, 6.45) is 0. The van der Waals surface area contributed by atoms with Gasteiger partial charge in [0.05, 0.1) is 5.69 Å². The lowest BCUT2D eigenvalue weighted by Gasteiger charge is -2.13. The third kappa shape index (κ3) is 2.87. The second kappa shape index (κ2) is 5.04. The zero-order chi connectivity index (χ0) is 12.3. The second-order valence-electron chi connectivity index (χ2n) is 4.49. The Bertz CT molecular complexity index is 473. The summed E-state index contributed by atoms with van der Waals surface area (Å²) in [6, 6.07) is 12.6. The summed E-state index contributed by atoms with van der Waals surface area (Å²) >= 11 is 0. The van der Waals surface area contributed by atoms with E-state index in [9.17, 15) is 0 Å². The normalized spacial score (nSPS) is 12.4. The number of hydrogen-bond donors (Lipinski definition) is 1. The quantitative estimate of drug-likeness (QED) is 0.873. The fourth-order valence-electron chi connectivity index (χ4n) is 1.93. The van der Waals surface area contributed by atoms with E-state index in [0.717, 1.165) is 18.1 Å². The topological polar surface area (TPSA) is 29.9 Å². The molecule has 17 heavy (non-hydrogen) atoms. The van der Waals surface area contributed by atoms with Crippen molar-refractivity contribution in [3.63, 3.8) is 0 Å². The van der Waals surface area contributed by atoms with Crippen molar-refractivity contribution in [3.8, 4) is 0 Å². The summed E-state index contributed by atoms with van der Waals surface area (Å²) in [7, 11) is 1.96. The minimum absolute atomic E-state index is 0.492. The van der Waals surface area contributed by atoms with Crippen LogP contribution in [0.5, 0.6) is 0 Å². The van der Waals surface area contributed by atoms with Crippen LogP contribution in [0.1, 0.15) is 24.1 Å². The van der Waals surface area contributed by atoms with Crippen LogP contribution in [0.4, 0.5) is 5.82 Å². The zero-order valence-corrected chi connectivity index (χ0v) is 10.6. The predicted octanol–water partition coefficient (Wildman–Crippen LogP) is 2.94. The van der Waals surface area contributed by atoms with Gasteiger partial charge < -0.3 is 5.32 Å². The van der Waals surface area contributed by atoms with E-state index in [1.54, 1.807) is 0 Å². The van der Waals surface area contributed by atoms with Crippen molar-refractivity contribution in [2.75, 3.05) is 11.9 Å². The van der Waals surface area contributed by atoms with Crippen LogP contribution in [0.2, 0.25) is 0 Å². The first kappa shape index (κ1) is 11.7. The Hall–Kier alpha value is -1.77. The van der Waals surface area contributed by atoms with Gasteiger partial charge in [0.15, 0.2) is 0 Å². The fourth-order valence-corrected chi connectivity index (χ4v) is 1.93. The number of aryl methyl sites for hydroxylation is 2. The molecular formula is C14H19N3. The summed E-state index contributed by atoms with van der Waals surface area (Å²) in [5, 5.41) is 7.75. The van der Waals surface area contributed by atoms with Gasteiger partial charge in [-0.2, -0.15) is 5.10 Å². The smallest absolute Gasteiger partial charge is 0.124 e. The van der Waals surface area contributed by atoms with E-state index in [2.05, 4.69) is 47.7 Å². The Labute approximate surface area is 102 Å². The molecular weight excluding hydrogens is 210 g/mol. The molecule has 1 aromatic carbocycles. The Morgan fingerprint density at radius 3 is 2.59 bits per heavy atom. The van der Waals surface area contributed by atoms with Gasteiger partial charge in [-0.15, -0.1) is 0 Å².